The summed E-state index contributed by atoms with van der Waals surface area (Å²) in [5.74, 6) is 0.689. The molecule has 0 radical (unpaired) electrons. The van der Waals surface area contributed by atoms with Crippen LogP contribution in [-0.2, 0) is 6.54 Å². The van der Waals surface area contributed by atoms with Gasteiger partial charge in [0.2, 0.25) is 0 Å². The number of nitrogens with zero attached hydrogens (tertiary/aromatic N) is 1. The van der Waals surface area contributed by atoms with Gasteiger partial charge >= 0.3 is 0 Å². The Bertz CT molecular complexity index is 427. The molecule has 1 fully saturated rings. The van der Waals surface area contributed by atoms with Crippen molar-refractivity contribution in [3.8, 4) is 0 Å². The van der Waals surface area contributed by atoms with E-state index in [9.17, 15) is 0 Å². The number of aryl methyl sites for hydroxylation is 2. The van der Waals surface area contributed by atoms with Gasteiger partial charge in [0, 0.05) is 12.6 Å². The molecule has 112 valence electrons. The van der Waals surface area contributed by atoms with Gasteiger partial charge < -0.3 is 5.73 Å². The van der Waals surface area contributed by atoms with Crippen molar-refractivity contribution in [2.45, 2.75) is 59.0 Å². The molecule has 2 rings (SSSR count). The molecule has 0 heterocycles. The van der Waals surface area contributed by atoms with Crippen molar-refractivity contribution in [2.75, 3.05) is 13.1 Å². The van der Waals surface area contributed by atoms with Gasteiger partial charge in [0.05, 0.1) is 0 Å². The first-order chi connectivity index (χ1) is 9.65. The van der Waals surface area contributed by atoms with Gasteiger partial charge in [-0.3, -0.25) is 4.90 Å². The van der Waals surface area contributed by atoms with Crippen LogP contribution in [0.4, 0.5) is 0 Å². The van der Waals surface area contributed by atoms with Crippen molar-refractivity contribution in [3.05, 3.63) is 34.9 Å². The lowest BCUT2D eigenvalue weighted by atomic mass is 9.83. The van der Waals surface area contributed by atoms with Crippen molar-refractivity contribution in [1.29, 1.82) is 0 Å². The van der Waals surface area contributed by atoms with E-state index in [2.05, 4.69) is 43.9 Å². The molecule has 20 heavy (non-hydrogen) atoms. The van der Waals surface area contributed by atoms with Gasteiger partial charge in [-0.15, -0.1) is 0 Å². The standard InChI is InChI=1S/C18H30N2/c1-4-20(18-8-6-5-7-16(18)12-19)13-17-11-14(2)9-10-15(17)3/h9-11,16,18H,4-8,12-13,19H2,1-3H3. The minimum absolute atomic E-state index is 0.679. The maximum absolute atomic E-state index is 6.01. The zero-order valence-electron chi connectivity index (χ0n) is 13.4. The Kier molecular flexibility index (Phi) is 5.62. The summed E-state index contributed by atoms with van der Waals surface area (Å²) in [7, 11) is 0. The number of hydrogen-bond acceptors (Lipinski definition) is 2. The number of benzene rings is 1. The normalized spacial score (nSPS) is 23.2. The molecule has 0 spiro atoms. The average molecular weight is 274 g/mol. The zero-order valence-corrected chi connectivity index (χ0v) is 13.4. The van der Waals surface area contributed by atoms with E-state index < -0.39 is 0 Å². The van der Waals surface area contributed by atoms with Gasteiger partial charge in [-0.1, -0.05) is 43.5 Å². The molecule has 2 heteroatoms. The van der Waals surface area contributed by atoms with Crippen molar-refractivity contribution in [3.63, 3.8) is 0 Å². The summed E-state index contributed by atoms with van der Waals surface area (Å²) in [4.78, 5) is 2.65. The van der Waals surface area contributed by atoms with Gasteiger partial charge in [0.25, 0.3) is 0 Å². The molecule has 1 aliphatic rings. The molecular weight excluding hydrogens is 244 g/mol. The Hall–Kier alpha value is -0.860. The second-order valence-corrected chi connectivity index (χ2v) is 6.34. The molecule has 2 nitrogen and oxygen atoms in total. The summed E-state index contributed by atoms with van der Waals surface area (Å²) in [6.45, 7) is 9.73. The van der Waals surface area contributed by atoms with E-state index in [1.54, 1.807) is 0 Å². The maximum atomic E-state index is 6.01. The van der Waals surface area contributed by atoms with Crippen molar-refractivity contribution >= 4 is 0 Å². The molecule has 1 aliphatic carbocycles. The number of rotatable bonds is 5. The van der Waals surface area contributed by atoms with E-state index in [0.29, 0.717) is 12.0 Å². The molecule has 1 saturated carbocycles. The van der Waals surface area contributed by atoms with Gasteiger partial charge in [-0.2, -0.15) is 0 Å². The molecule has 2 N–H and O–H groups in total. The largest absolute Gasteiger partial charge is 0.330 e. The quantitative estimate of drug-likeness (QED) is 0.888. The van der Waals surface area contributed by atoms with Gasteiger partial charge in [-0.25, -0.2) is 0 Å². The third kappa shape index (κ3) is 3.62. The van der Waals surface area contributed by atoms with Crippen LogP contribution >= 0.6 is 0 Å². The van der Waals surface area contributed by atoms with Gasteiger partial charge in [0.15, 0.2) is 0 Å². The minimum Gasteiger partial charge on any atom is -0.330 e. The lowest BCUT2D eigenvalue weighted by Gasteiger charge is -2.39. The molecule has 2 unspecified atom stereocenters. The topological polar surface area (TPSA) is 29.3 Å². The van der Waals surface area contributed by atoms with E-state index in [1.165, 1.54) is 42.4 Å². The fourth-order valence-electron chi connectivity index (χ4n) is 3.60. The molecule has 0 bridgehead atoms. The fraction of sp³-hybridized carbons (Fsp3) is 0.667. The third-order valence-corrected chi connectivity index (χ3v) is 4.92. The van der Waals surface area contributed by atoms with Crippen molar-refractivity contribution in [1.82, 2.24) is 4.90 Å². The molecule has 2 atom stereocenters. The highest BCUT2D eigenvalue weighted by molar-refractivity contribution is 5.30. The summed E-state index contributed by atoms with van der Waals surface area (Å²) in [6, 6.07) is 7.48. The van der Waals surface area contributed by atoms with E-state index in [4.69, 9.17) is 5.73 Å². The molecule has 1 aromatic carbocycles. The second-order valence-electron chi connectivity index (χ2n) is 6.34. The lowest BCUT2D eigenvalue weighted by Crippen LogP contribution is -2.44. The monoisotopic (exact) mass is 274 g/mol. The molecular formula is C18H30N2. The summed E-state index contributed by atoms with van der Waals surface area (Å²) in [5.41, 5.74) is 10.3. The van der Waals surface area contributed by atoms with E-state index >= 15 is 0 Å². The van der Waals surface area contributed by atoms with Crippen LogP contribution in [0.1, 0.15) is 49.3 Å². The van der Waals surface area contributed by atoms with E-state index in [-0.39, 0.29) is 0 Å². The van der Waals surface area contributed by atoms with Crippen molar-refractivity contribution < 1.29 is 0 Å². The van der Waals surface area contributed by atoms with E-state index in [0.717, 1.165) is 19.6 Å². The number of hydrogen-bond donors (Lipinski definition) is 1. The zero-order chi connectivity index (χ0) is 14.5. The fourth-order valence-corrected chi connectivity index (χ4v) is 3.60. The Labute approximate surface area is 124 Å². The Balaban J connectivity index is 2.13. The van der Waals surface area contributed by atoms with Crippen LogP contribution in [0, 0.1) is 19.8 Å². The van der Waals surface area contributed by atoms with Crippen LogP contribution in [0.3, 0.4) is 0 Å². The second kappa shape index (κ2) is 7.24. The summed E-state index contributed by atoms with van der Waals surface area (Å²) < 4.78 is 0. The van der Waals surface area contributed by atoms with E-state index in [1.807, 2.05) is 0 Å². The minimum atomic E-state index is 0.679. The van der Waals surface area contributed by atoms with Crippen molar-refractivity contribution in [2.24, 2.45) is 11.7 Å². The first-order valence-electron chi connectivity index (χ1n) is 8.16. The predicted octanol–water partition coefficient (Wildman–Crippen LogP) is 3.64. The Morgan fingerprint density at radius 1 is 1.20 bits per heavy atom. The highest BCUT2D eigenvalue weighted by Crippen LogP contribution is 2.29. The smallest absolute Gasteiger partial charge is 0.0239 e. The molecule has 0 aromatic heterocycles. The van der Waals surface area contributed by atoms with Crippen LogP contribution in [0.2, 0.25) is 0 Å². The lowest BCUT2D eigenvalue weighted by molar-refractivity contribution is 0.105. The Morgan fingerprint density at radius 3 is 2.65 bits per heavy atom. The summed E-state index contributed by atoms with van der Waals surface area (Å²) in [5, 5.41) is 0. The highest BCUT2D eigenvalue weighted by atomic mass is 15.2. The van der Waals surface area contributed by atoms with Crippen LogP contribution in [0.25, 0.3) is 0 Å². The molecule has 0 saturated heterocycles. The molecule has 0 amide bonds. The highest BCUT2D eigenvalue weighted by Gasteiger charge is 2.28. The summed E-state index contributed by atoms with van der Waals surface area (Å²) >= 11 is 0. The maximum Gasteiger partial charge on any atom is 0.0239 e. The van der Waals surface area contributed by atoms with Gasteiger partial charge in [0.1, 0.15) is 0 Å². The van der Waals surface area contributed by atoms with Crippen LogP contribution in [0.5, 0.6) is 0 Å². The summed E-state index contributed by atoms with van der Waals surface area (Å²) in [6.07, 6.45) is 5.36. The predicted molar refractivity (Wildman–Crippen MR) is 86.8 cm³/mol. The Morgan fingerprint density at radius 2 is 1.95 bits per heavy atom. The van der Waals surface area contributed by atoms with Crippen LogP contribution in [0.15, 0.2) is 18.2 Å². The SMILES string of the molecule is CCN(Cc1cc(C)ccc1C)C1CCCCC1CN. The third-order valence-electron chi connectivity index (χ3n) is 4.92. The molecule has 0 aliphatic heterocycles. The molecule has 1 aromatic rings. The first-order valence-corrected chi connectivity index (χ1v) is 8.16. The average Bonchev–Trinajstić information content (AvgIpc) is 2.48. The van der Waals surface area contributed by atoms with Crippen LogP contribution in [-0.4, -0.2) is 24.0 Å². The van der Waals surface area contributed by atoms with Gasteiger partial charge in [-0.05, 0) is 56.8 Å². The van der Waals surface area contributed by atoms with Crippen LogP contribution < -0.4 is 5.73 Å². The first kappa shape index (κ1) is 15.5. The number of nitrogens with two attached hydrogens (primary N) is 1.